The number of rotatable bonds is 3. The Hall–Kier alpha value is -2.42. The molecule has 3 rings (SSSR count). The Balaban J connectivity index is 1.71. The molecule has 1 saturated heterocycles. The van der Waals surface area contributed by atoms with Gasteiger partial charge < -0.3 is 20.1 Å². The molecule has 0 spiro atoms. The first kappa shape index (κ1) is 15.5. The maximum absolute atomic E-state index is 11.0. The van der Waals surface area contributed by atoms with Gasteiger partial charge in [0.25, 0.3) is 0 Å². The smallest absolute Gasteiger partial charge is 0.454 e. The number of pyridine rings is 1. The summed E-state index contributed by atoms with van der Waals surface area (Å²) in [5.74, 6) is 0.638. The van der Waals surface area contributed by atoms with Crippen molar-refractivity contribution in [3.63, 3.8) is 0 Å². The Bertz CT molecular complexity index is 660. The van der Waals surface area contributed by atoms with Gasteiger partial charge in [-0.3, -0.25) is 0 Å². The summed E-state index contributed by atoms with van der Waals surface area (Å²) in [6.45, 7) is 1.29. The van der Waals surface area contributed by atoms with Gasteiger partial charge in [-0.05, 0) is 25.0 Å². The van der Waals surface area contributed by atoms with Crippen molar-refractivity contribution in [3.05, 3.63) is 22.8 Å². The van der Waals surface area contributed by atoms with E-state index in [1.54, 1.807) is 12.1 Å². The van der Waals surface area contributed by atoms with Gasteiger partial charge in [0.1, 0.15) is 11.0 Å². The summed E-state index contributed by atoms with van der Waals surface area (Å²) in [6.07, 6.45) is -1.19. The third-order valence-electron chi connectivity index (χ3n) is 3.69. The molecule has 1 fully saturated rings. The van der Waals surface area contributed by atoms with E-state index in [4.69, 9.17) is 21.4 Å². The van der Waals surface area contributed by atoms with Gasteiger partial charge in [0, 0.05) is 24.7 Å². The standard InChI is InChI=1S/C13H14ClN5O4/c14-9-5-7(11-17-18-13(22)23-11)6-10(16-9)19-3-1-8(2-4-19)15-12(20)21/h5-6,8,11,15H,1-4H2,(H,20,21). The molecule has 2 aliphatic rings. The van der Waals surface area contributed by atoms with Gasteiger partial charge in [-0.15, -0.1) is 5.11 Å². The summed E-state index contributed by atoms with van der Waals surface area (Å²) in [5.41, 5.74) is 0.598. The van der Waals surface area contributed by atoms with Crippen LogP contribution in [-0.2, 0) is 4.74 Å². The molecule has 10 heteroatoms. The number of piperidine rings is 1. The molecule has 0 saturated carbocycles. The van der Waals surface area contributed by atoms with E-state index in [0.29, 0.717) is 37.3 Å². The summed E-state index contributed by atoms with van der Waals surface area (Å²) in [7, 11) is 0. The van der Waals surface area contributed by atoms with E-state index in [0.717, 1.165) is 0 Å². The van der Waals surface area contributed by atoms with Crippen molar-refractivity contribution >= 4 is 29.6 Å². The predicted molar refractivity (Wildman–Crippen MR) is 79.7 cm³/mol. The van der Waals surface area contributed by atoms with Gasteiger partial charge >= 0.3 is 12.2 Å². The maximum atomic E-state index is 11.0. The Morgan fingerprint density at radius 1 is 1.39 bits per heavy atom. The lowest BCUT2D eigenvalue weighted by molar-refractivity contribution is 0.133. The van der Waals surface area contributed by atoms with Gasteiger partial charge in [-0.25, -0.2) is 14.6 Å². The zero-order valence-electron chi connectivity index (χ0n) is 12.0. The molecule has 9 nitrogen and oxygen atoms in total. The minimum Gasteiger partial charge on any atom is -0.465 e. The number of ether oxygens (including phenoxy) is 1. The second-order valence-electron chi connectivity index (χ2n) is 5.24. The van der Waals surface area contributed by atoms with E-state index in [1.165, 1.54) is 0 Å². The van der Waals surface area contributed by atoms with Gasteiger partial charge in [0.2, 0.25) is 6.23 Å². The van der Waals surface area contributed by atoms with Crippen LogP contribution in [0.5, 0.6) is 0 Å². The van der Waals surface area contributed by atoms with Crippen molar-refractivity contribution < 1.29 is 19.4 Å². The SMILES string of the molecule is O=C(O)NC1CCN(c2cc(C3N=NC(=O)O3)cc(Cl)n2)CC1. The number of carboxylic acid groups (broad SMARTS) is 1. The number of hydrogen-bond donors (Lipinski definition) is 2. The molecule has 1 atom stereocenters. The van der Waals surface area contributed by atoms with Gasteiger partial charge in [-0.1, -0.05) is 16.7 Å². The fraction of sp³-hybridized carbons (Fsp3) is 0.462. The Morgan fingerprint density at radius 3 is 2.74 bits per heavy atom. The number of anilines is 1. The van der Waals surface area contributed by atoms with E-state index < -0.39 is 18.4 Å². The topological polar surface area (TPSA) is 116 Å². The van der Waals surface area contributed by atoms with Crippen LogP contribution in [0, 0.1) is 0 Å². The second-order valence-corrected chi connectivity index (χ2v) is 5.63. The predicted octanol–water partition coefficient (Wildman–Crippen LogP) is 2.57. The van der Waals surface area contributed by atoms with Crippen LogP contribution in [0.1, 0.15) is 24.6 Å². The van der Waals surface area contributed by atoms with E-state index >= 15 is 0 Å². The number of azo groups is 1. The van der Waals surface area contributed by atoms with Crippen molar-refractivity contribution in [3.8, 4) is 0 Å². The number of carbonyl (C=O) groups is 2. The fourth-order valence-electron chi connectivity index (χ4n) is 2.61. The maximum Gasteiger partial charge on any atom is 0.454 e. The first-order valence-electron chi connectivity index (χ1n) is 7.04. The van der Waals surface area contributed by atoms with Crippen LogP contribution in [0.2, 0.25) is 5.15 Å². The molecule has 2 aliphatic heterocycles. The van der Waals surface area contributed by atoms with Crippen molar-refractivity contribution in [2.24, 2.45) is 10.2 Å². The van der Waals surface area contributed by atoms with Crippen LogP contribution >= 0.6 is 11.6 Å². The zero-order chi connectivity index (χ0) is 16.4. The third kappa shape index (κ3) is 3.67. The van der Waals surface area contributed by atoms with Crippen LogP contribution in [-0.4, -0.2) is 41.4 Å². The van der Waals surface area contributed by atoms with Gasteiger partial charge in [0.15, 0.2) is 0 Å². The average Bonchev–Trinajstić information content (AvgIpc) is 2.93. The third-order valence-corrected chi connectivity index (χ3v) is 3.88. The Morgan fingerprint density at radius 2 is 2.13 bits per heavy atom. The van der Waals surface area contributed by atoms with Crippen molar-refractivity contribution in [1.82, 2.24) is 10.3 Å². The molecule has 0 bridgehead atoms. The molecular weight excluding hydrogens is 326 g/mol. The lowest BCUT2D eigenvalue weighted by Crippen LogP contribution is -2.44. The minimum atomic E-state index is -1.01. The number of halogens is 1. The van der Waals surface area contributed by atoms with Crippen LogP contribution in [0.3, 0.4) is 0 Å². The lowest BCUT2D eigenvalue weighted by Gasteiger charge is -2.32. The first-order chi connectivity index (χ1) is 11.0. The highest BCUT2D eigenvalue weighted by Crippen LogP contribution is 2.30. The normalized spacial score (nSPS) is 21.3. The van der Waals surface area contributed by atoms with Crippen LogP contribution in [0.15, 0.2) is 22.4 Å². The summed E-state index contributed by atoms with van der Waals surface area (Å²) in [4.78, 5) is 28.0. The van der Waals surface area contributed by atoms with E-state index in [-0.39, 0.29) is 11.2 Å². The molecule has 1 aromatic heterocycles. The van der Waals surface area contributed by atoms with Crippen molar-refractivity contribution in [1.29, 1.82) is 0 Å². The Labute approximate surface area is 136 Å². The molecule has 1 aromatic rings. The molecule has 3 heterocycles. The molecular formula is C13H14ClN5O4. The molecule has 0 aliphatic carbocycles. The molecule has 2 N–H and O–H groups in total. The number of nitrogens with one attached hydrogen (secondary N) is 1. The van der Waals surface area contributed by atoms with Crippen molar-refractivity contribution in [2.75, 3.05) is 18.0 Å². The molecule has 122 valence electrons. The number of amides is 2. The quantitative estimate of drug-likeness (QED) is 0.817. The summed E-state index contributed by atoms with van der Waals surface area (Å²) in [6, 6.07) is 3.26. The van der Waals surface area contributed by atoms with Gasteiger partial charge in [-0.2, -0.15) is 0 Å². The summed E-state index contributed by atoms with van der Waals surface area (Å²) in [5, 5.41) is 18.6. The number of hydrogen-bond acceptors (Lipinski definition) is 6. The van der Waals surface area contributed by atoms with E-state index in [2.05, 4.69) is 20.5 Å². The second kappa shape index (κ2) is 6.37. The first-order valence-corrected chi connectivity index (χ1v) is 7.42. The van der Waals surface area contributed by atoms with Crippen LogP contribution < -0.4 is 10.2 Å². The highest BCUT2D eigenvalue weighted by Gasteiger charge is 2.26. The largest absolute Gasteiger partial charge is 0.465 e. The van der Waals surface area contributed by atoms with Crippen molar-refractivity contribution in [2.45, 2.75) is 25.1 Å². The summed E-state index contributed by atoms with van der Waals surface area (Å²) < 4.78 is 4.95. The number of cyclic esters (lactones) is 1. The highest BCUT2D eigenvalue weighted by atomic mass is 35.5. The Kier molecular flexibility index (Phi) is 4.28. The minimum absolute atomic E-state index is 0.0630. The molecule has 0 radical (unpaired) electrons. The number of aromatic nitrogens is 1. The fourth-order valence-corrected chi connectivity index (χ4v) is 2.82. The number of nitrogens with zero attached hydrogens (tertiary/aromatic N) is 4. The molecule has 1 unspecified atom stereocenters. The van der Waals surface area contributed by atoms with Crippen LogP contribution in [0.25, 0.3) is 0 Å². The number of carbonyl (C=O) groups excluding carboxylic acids is 1. The average molecular weight is 340 g/mol. The van der Waals surface area contributed by atoms with Crippen LogP contribution in [0.4, 0.5) is 15.4 Å². The summed E-state index contributed by atoms with van der Waals surface area (Å²) >= 11 is 6.04. The zero-order valence-corrected chi connectivity index (χ0v) is 12.7. The molecule has 23 heavy (non-hydrogen) atoms. The van der Waals surface area contributed by atoms with E-state index in [9.17, 15) is 9.59 Å². The molecule has 0 aromatic carbocycles. The highest BCUT2D eigenvalue weighted by molar-refractivity contribution is 6.29. The van der Waals surface area contributed by atoms with E-state index in [1.807, 2.05) is 4.90 Å². The van der Waals surface area contributed by atoms with Gasteiger partial charge in [0.05, 0.1) is 0 Å². The molecule has 2 amide bonds. The monoisotopic (exact) mass is 339 g/mol. The lowest BCUT2D eigenvalue weighted by atomic mass is 10.1.